The van der Waals surface area contributed by atoms with E-state index in [9.17, 15) is 19.5 Å². The molecule has 0 fully saturated rings. The number of nitrogens with zero attached hydrogens (tertiary/aromatic N) is 1. The predicted octanol–water partition coefficient (Wildman–Crippen LogP) is 2.53. The van der Waals surface area contributed by atoms with E-state index in [4.69, 9.17) is 10.8 Å². The molecule has 0 spiro atoms. The first-order chi connectivity index (χ1) is 19.6. The van der Waals surface area contributed by atoms with Crippen molar-refractivity contribution in [2.24, 2.45) is 5.73 Å². The first-order valence-electron chi connectivity index (χ1n) is 13.8. The summed E-state index contributed by atoms with van der Waals surface area (Å²) in [6, 6.07) is 21.9. The first-order valence-corrected chi connectivity index (χ1v) is 13.8. The summed E-state index contributed by atoms with van der Waals surface area (Å²) in [6.07, 6.45) is 0.282. The fraction of sp³-hybridized carbons (Fsp3) is 0.344. The third-order valence-electron chi connectivity index (χ3n) is 7.31. The highest BCUT2D eigenvalue weighted by molar-refractivity contribution is 6.01. The van der Waals surface area contributed by atoms with E-state index in [-0.39, 0.29) is 31.4 Å². The number of aryl methyl sites for hydroxylation is 1. The number of fused-ring (bicyclic) bond motifs is 1. The quantitative estimate of drug-likeness (QED) is 0.245. The predicted molar refractivity (Wildman–Crippen MR) is 158 cm³/mol. The van der Waals surface area contributed by atoms with Crippen LogP contribution in [-0.2, 0) is 22.6 Å². The minimum Gasteiger partial charge on any atom is -0.394 e. The number of aliphatic hydroxyl groups excluding tert-OH is 2. The average Bonchev–Trinajstić information content (AvgIpc) is 3.08. The summed E-state index contributed by atoms with van der Waals surface area (Å²) in [5, 5.41) is 24.7. The smallest absolute Gasteiger partial charge is 0.249 e. The van der Waals surface area contributed by atoms with Crippen LogP contribution in [0.4, 0.5) is 5.69 Å². The van der Waals surface area contributed by atoms with Gasteiger partial charge in [0.2, 0.25) is 17.7 Å². The summed E-state index contributed by atoms with van der Waals surface area (Å²) < 4.78 is 0. The minimum absolute atomic E-state index is 0.0934. The molecular weight excluding hydrogens is 520 g/mol. The highest BCUT2D eigenvalue weighted by Gasteiger charge is 2.32. The van der Waals surface area contributed by atoms with Crippen molar-refractivity contribution >= 4 is 23.4 Å². The summed E-state index contributed by atoms with van der Waals surface area (Å²) in [7, 11) is 0. The molecule has 6 N–H and O–H groups in total. The first kappa shape index (κ1) is 29.9. The van der Waals surface area contributed by atoms with Crippen LogP contribution in [0.5, 0.6) is 0 Å². The highest BCUT2D eigenvalue weighted by Crippen LogP contribution is 2.30. The maximum atomic E-state index is 13.9. The van der Waals surface area contributed by atoms with Gasteiger partial charge in [-0.3, -0.25) is 14.4 Å². The lowest BCUT2D eigenvalue weighted by molar-refractivity contribution is -0.128. The lowest BCUT2D eigenvalue weighted by Gasteiger charge is -2.29. The number of nitrogens with two attached hydrogens (primary N) is 1. The number of amides is 3. The van der Waals surface area contributed by atoms with E-state index in [1.165, 1.54) is 0 Å². The Labute approximate surface area is 240 Å². The third-order valence-corrected chi connectivity index (χ3v) is 7.31. The fourth-order valence-corrected chi connectivity index (χ4v) is 5.10. The van der Waals surface area contributed by atoms with Crippen molar-refractivity contribution in [3.8, 4) is 11.1 Å². The number of primary amides is 1. The van der Waals surface area contributed by atoms with Crippen LogP contribution >= 0.6 is 0 Å². The summed E-state index contributed by atoms with van der Waals surface area (Å²) in [6.45, 7) is 3.76. The zero-order valence-electron chi connectivity index (χ0n) is 23.5. The number of para-hydroxylation sites is 1. The number of carbonyl (C=O) groups excluding carboxylic acids is 3. The number of nitrogens with one attached hydrogen (secondary N) is 2. The SMILES string of the molecule is CC(C)(CC(=O)N[C@@H]1CCc2ccccc2N(Cc2ccc(-c3ccccc3C(N)=O)cc2)C1=O)NC[C@H](O)CO. The van der Waals surface area contributed by atoms with Crippen LogP contribution in [0, 0.1) is 0 Å². The standard InChI is InChI=1S/C32H38N4O5/c1-32(2,34-18-24(38)20-37)17-29(39)35-27-16-15-23-7-3-6-10-28(23)36(31(27)41)19-21-11-13-22(14-12-21)25-8-4-5-9-26(25)30(33)40/h3-14,24,27,34,37-38H,15-20H2,1-2H3,(H2,33,40)(H,35,39)/t24-,27+/m0/s1. The van der Waals surface area contributed by atoms with Gasteiger partial charge in [-0.05, 0) is 61.1 Å². The maximum Gasteiger partial charge on any atom is 0.249 e. The second-order valence-electron chi connectivity index (χ2n) is 11.1. The molecule has 9 nitrogen and oxygen atoms in total. The second-order valence-corrected chi connectivity index (χ2v) is 11.1. The van der Waals surface area contributed by atoms with E-state index in [0.29, 0.717) is 24.9 Å². The molecule has 0 radical (unpaired) electrons. The van der Waals surface area contributed by atoms with Crippen LogP contribution in [0.2, 0.25) is 0 Å². The van der Waals surface area contributed by atoms with Crippen LogP contribution in [0.3, 0.4) is 0 Å². The molecule has 0 unspecified atom stereocenters. The van der Waals surface area contributed by atoms with Gasteiger partial charge in [0.15, 0.2) is 0 Å². The van der Waals surface area contributed by atoms with E-state index in [1.54, 1.807) is 17.0 Å². The summed E-state index contributed by atoms with van der Waals surface area (Å²) in [4.78, 5) is 40.5. The van der Waals surface area contributed by atoms with E-state index in [2.05, 4.69) is 10.6 Å². The molecule has 0 saturated carbocycles. The molecule has 4 rings (SSSR count). The van der Waals surface area contributed by atoms with Gasteiger partial charge in [-0.1, -0.05) is 60.7 Å². The number of β-amino-alcohol motifs (C(OH)–C–C–N with tert-alkyl or cyclic N) is 1. The zero-order valence-corrected chi connectivity index (χ0v) is 23.5. The number of benzene rings is 3. The number of hydrogen-bond donors (Lipinski definition) is 5. The number of aliphatic hydroxyl groups is 2. The van der Waals surface area contributed by atoms with Crippen LogP contribution in [0.15, 0.2) is 72.8 Å². The molecule has 3 amide bonds. The molecule has 1 aliphatic heterocycles. The van der Waals surface area contributed by atoms with Gasteiger partial charge < -0.3 is 31.5 Å². The molecule has 3 aromatic carbocycles. The van der Waals surface area contributed by atoms with E-state index in [1.807, 2.05) is 74.5 Å². The Bertz CT molecular complexity index is 1390. The Morgan fingerprint density at radius 2 is 1.73 bits per heavy atom. The molecule has 2 atom stereocenters. The average molecular weight is 559 g/mol. The molecule has 41 heavy (non-hydrogen) atoms. The van der Waals surface area contributed by atoms with Crippen molar-refractivity contribution in [2.75, 3.05) is 18.1 Å². The normalized spacial score (nSPS) is 16.0. The van der Waals surface area contributed by atoms with Gasteiger partial charge in [-0.2, -0.15) is 0 Å². The van der Waals surface area contributed by atoms with E-state index in [0.717, 1.165) is 27.9 Å². The monoisotopic (exact) mass is 558 g/mol. The summed E-state index contributed by atoms with van der Waals surface area (Å²) in [5.41, 5.74) is 9.69. The highest BCUT2D eigenvalue weighted by atomic mass is 16.3. The van der Waals surface area contributed by atoms with Gasteiger partial charge in [0.05, 0.1) is 19.3 Å². The molecule has 3 aromatic rings. The van der Waals surface area contributed by atoms with Crippen LogP contribution in [0.25, 0.3) is 11.1 Å². The molecule has 9 heteroatoms. The molecule has 0 saturated heterocycles. The Balaban J connectivity index is 1.51. The van der Waals surface area contributed by atoms with Crippen LogP contribution < -0.4 is 21.3 Å². The number of rotatable bonds is 11. The van der Waals surface area contributed by atoms with Crippen molar-refractivity contribution in [3.63, 3.8) is 0 Å². The fourth-order valence-electron chi connectivity index (χ4n) is 5.10. The topological polar surface area (TPSA) is 145 Å². The van der Waals surface area contributed by atoms with Crippen molar-refractivity contribution < 1.29 is 24.6 Å². The Morgan fingerprint density at radius 3 is 2.44 bits per heavy atom. The Kier molecular flexibility index (Phi) is 9.54. The van der Waals surface area contributed by atoms with Crippen LogP contribution in [-0.4, -0.2) is 58.8 Å². The second kappa shape index (κ2) is 13.1. The Hall–Kier alpha value is -4.05. The molecular formula is C32H38N4O5. The van der Waals surface area contributed by atoms with Crippen molar-refractivity contribution in [2.45, 2.75) is 57.3 Å². The molecule has 0 bridgehead atoms. The van der Waals surface area contributed by atoms with Crippen molar-refractivity contribution in [1.29, 1.82) is 0 Å². The van der Waals surface area contributed by atoms with Gasteiger partial charge in [0.1, 0.15) is 6.04 Å². The number of carbonyl (C=O) groups is 3. The van der Waals surface area contributed by atoms with E-state index < -0.39 is 23.6 Å². The summed E-state index contributed by atoms with van der Waals surface area (Å²) in [5.74, 6) is -0.956. The van der Waals surface area contributed by atoms with Crippen molar-refractivity contribution in [1.82, 2.24) is 10.6 Å². The van der Waals surface area contributed by atoms with E-state index >= 15 is 0 Å². The largest absolute Gasteiger partial charge is 0.394 e. The lowest BCUT2D eigenvalue weighted by Crippen LogP contribution is -2.51. The molecule has 216 valence electrons. The van der Waals surface area contributed by atoms with Gasteiger partial charge >= 0.3 is 0 Å². The summed E-state index contributed by atoms with van der Waals surface area (Å²) >= 11 is 0. The van der Waals surface area contributed by atoms with Gasteiger partial charge in [-0.15, -0.1) is 0 Å². The van der Waals surface area contributed by atoms with Crippen molar-refractivity contribution in [3.05, 3.63) is 89.5 Å². The maximum absolute atomic E-state index is 13.9. The number of anilines is 1. The Morgan fingerprint density at radius 1 is 1.05 bits per heavy atom. The van der Waals surface area contributed by atoms with Gasteiger partial charge in [0.25, 0.3) is 0 Å². The molecule has 0 aliphatic carbocycles. The van der Waals surface area contributed by atoms with Gasteiger partial charge in [-0.25, -0.2) is 0 Å². The minimum atomic E-state index is -0.917. The van der Waals surface area contributed by atoms with Crippen LogP contribution in [0.1, 0.15) is 48.2 Å². The lowest BCUT2D eigenvalue weighted by atomic mass is 9.98. The third kappa shape index (κ3) is 7.58. The molecule has 1 aliphatic rings. The zero-order chi connectivity index (χ0) is 29.6. The number of hydrogen-bond acceptors (Lipinski definition) is 6. The molecule has 1 heterocycles. The molecule has 0 aromatic heterocycles. The van der Waals surface area contributed by atoms with Gasteiger partial charge in [0, 0.05) is 29.8 Å².